The Balaban J connectivity index is 4.23. The van der Waals surface area contributed by atoms with E-state index in [0.29, 0.717) is 0 Å². The highest BCUT2D eigenvalue weighted by Gasteiger charge is 2.45. The van der Waals surface area contributed by atoms with Crippen LogP contribution in [0.4, 0.5) is 13.2 Å². The van der Waals surface area contributed by atoms with Crippen molar-refractivity contribution in [3.63, 3.8) is 0 Å². The Morgan fingerprint density at radius 3 is 2.06 bits per heavy atom. The quantitative estimate of drug-likeness (QED) is 0.507. The van der Waals surface area contributed by atoms with E-state index < -0.39 is 20.3 Å². The van der Waals surface area contributed by atoms with Crippen molar-refractivity contribution >= 4 is 14.1 Å². The molecule has 0 heterocycles. The predicted octanol–water partition coefficient (Wildman–Crippen LogP) is 4.18. The van der Waals surface area contributed by atoms with Gasteiger partial charge in [-0.2, -0.15) is 13.2 Å². The Kier molecular flexibility index (Phi) is 6.95. The van der Waals surface area contributed by atoms with Gasteiger partial charge in [0.2, 0.25) is 0 Å². The highest BCUT2D eigenvalue weighted by atomic mass is 28.3. The maximum atomic E-state index is 12.3. The molecule has 0 aliphatic carbocycles. The number of rotatable bonds is 7. The van der Waals surface area contributed by atoms with Crippen LogP contribution in [0.25, 0.3) is 0 Å². The fraction of sp³-hybridized carbons (Fsp3) is 0.917. The molecule has 0 radical (unpaired) electrons. The van der Waals surface area contributed by atoms with Crippen molar-refractivity contribution in [3.8, 4) is 0 Å². The summed E-state index contributed by atoms with van der Waals surface area (Å²) in [5.41, 5.74) is 0. The van der Waals surface area contributed by atoms with E-state index in [9.17, 15) is 18.0 Å². The average molecular weight is 283 g/mol. The topological polar surface area (TPSA) is 20.3 Å². The highest BCUT2D eigenvalue weighted by Crippen LogP contribution is 2.25. The zero-order valence-corrected chi connectivity index (χ0v) is 12.7. The molecule has 0 rings (SSSR count). The molecular formula is C12H24F3NOSi. The van der Waals surface area contributed by atoms with Crippen LogP contribution in [0.5, 0.6) is 0 Å². The van der Waals surface area contributed by atoms with Gasteiger partial charge in [-0.25, -0.2) is 0 Å². The second-order valence-corrected chi connectivity index (χ2v) is 10.1. The lowest BCUT2D eigenvalue weighted by Gasteiger charge is -2.34. The summed E-state index contributed by atoms with van der Waals surface area (Å²) in [6.07, 6.45) is 0.638. The van der Waals surface area contributed by atoms with Gasteiger partial charge in [0, 0.05) is 7.05 Å². The number of carbonyl (C=O) groups excluding carboxylic acids is 1. The van der Waals surface area contributed by atoms with Crippen molar-refractivity contribution in [2.75, 3.05) is 7.05 Å². The van der Waals surface area contributed by atoms with Gasteiger partial charge in [-0.3, -0.25) is 4.79 Å². The van der Waals surface area contributed by atoms with Gasteiger partial charge in [-0.1, -0.05) is 52.1 Å². The molecule has 0 unspecified atom stereocenters. The number of hydrogen-bond donors (Lipinski definition) is 0. The second-order valence-electron chi connectivity index (χ2n) is 5.34. The molecule has 0 saturated carbocycles. The van der Waals surface area contributed by atoms with Gasteiger partial charge >= 0.3 is 12.1 Å². The first kappa shape index (κ1) is 17.5. The van der Waals surface area contributed by atoms with E-state index in [1.54, 1.807) is 0 Å². The Morgan fingerprint density at radius 2 is 1.61 bits per heavy atom. The molecule has 0 spiro atoms. The Morgan fingerprint density at radius 1 is 1.11 bits per heavy atom. The molecule has 0 saturated heterocycles. The summed E-state index contributed by atoms with van der Waals surface area (Å²) in [6, 6.07) is 0.731. The van der Waals surface area contributed by atoms with E-state index in [-0.39, 0.29) is 0 Å². The maximum absolute atomic E-state index is 12.3. The fourth-order valence-electron chi connectivity index (χ4n) is 1.79. The average Bonchev–Trinajstić information content (AvgIpc) is 2.25. The summed E-state index contributed by atoms with van der Waals surface area (Å²) in [4.78, 5) is 11.2. The van der Waals surface area contributed by atoms with E-state index in [2.05, 4.69) is 6.92 Å². The summed E-state index contributed by atoms with van der Waals surface area (Å²) in [5.74, 6) is -1.70. The first-order valence-electron chi connectivity index (χ1n) is 6.48. The molecule has 1 amide bonds. The van der Waals surface area contributed by atoms with Gasteiger partial charge in [-0.05, 0) is 6.04 Å². The minimum atomic E-state index is -4.75. The summed E-state index contributed by atoms with van der Waals surface area (Å²) < 4.78 is 38.0. The van der Waals surface area contributed by atoms with Crippen LogP contribution in [0.3, 0.4) is 0 Å². The van der Waals surface area contributed by atoms with Gasteiger partial charge in [0.05, 0.1) is 0 Å². The zero-order chi connectivity index (χ0) is 14.4. The number of hydrogen-bond acceptors (Lipinski definition) is 1. The van der Waals surface area contributed by atoms with Crippen molar-refractivity contribution in [2.45, 2.75) is 64.3 Å². The SMILES string of the molecule is CCCCCCC[Si](C)(C)N(C)C(=O)C(F)(F)F. The third kappa shape index (κ3) is 5.89. The summed E-state index contributed by atoms with van der Waals surface area (Å²) in [7, 11) is -0.990. The predicted molar refractivity (Wildman–Crippen MR) is 69.9 cm³/mol. The number of nitrogens with zero attached hydrogens (tertiary/aromatic N) is 1. The minimum Gasteiger partial charge on any atom is -0.365 e. The largest absolute Gasteiger partial charge is 0.470 e. The van der Waals surface area contributed by atoms with Gasteiger partial charge in [-0.15, -0.1) is 0 Å². The van der Waals surface area contributed by atoms with Crippen LogP contribution in [0.15, 0.2) is 0 Å². The molecule has 0 aromatic heterocycles. The van der Waals surface area contributed by atoms with Crippen LogP contribution in [0, 0.1) is 0 Å². The van der Waals surface area contributed by atoms with Gasteiger partial charge < -0.3 is 4.57 Å². The molecule has 0 atom stereocenters. The Hall–Kier alpha value is -0.523. The van der Waals surface area contributed by atoms with Crippen LogP contribution in [0.1, 0.15) is 39.0 Å². The number of amides is 1. The lowest BCUT2D eigenvalue weighted by Crippen LogP contribution is -2.53. The second kappa shape index (κ2) is 7.16. The smallest absolute Gasteiger partial charge is 0.365 e. The van der Waals surface area contributed by atoms with Crippen LogP contribution >= 0.6 is 0 Å². The molecule has 2 nitrogen and oxygen atoms in total. The van der Waals surface area contributed by atoms with Gasteiger partial charge in [0.1, 0.15) is 0 Å². The molecule has 0 N–H and O–H groups in total. The van der Waals surface area contributed by atoms with Gasteiger partial charge in [0.15, 0.2) is 8.24 Å². The number of carbonyl (C=O) groups is 1. The first-order chi connectivity index (χ1) is 8.13. The molecule has 0 fully saturated rings. The zero-order valence-electron chi connectivity index (χ0n) is 11.7. The van der Waals surface area contributed by atoms with E-state index in [1.807, 2.05) is 13.1 Å². The first-order valence-corrected chi connectivity index (χ1v) is 9.63. The molecule has 0 aromatic rings. The lowest BCUT2D eigenvalue weighted by molar-refractivity contribution is -0.179. The Labute approximate surface area is 109 Å². The van der Waals surface area contributed by atoms with Crippen molar-refractivity contribution in [1.29, 1.82) is 0 Å². The highest BCUT2D eigenvalue weighted by molar-refractivity contribution is 6.76. The van der Waals surface area contributed by atoms with Crippen molar-refractivity contribution in [1.82, 2.24) is 4.57 Å². The van der Waals surface area contributed by atoms with Crippen LogP contribution in [-0.2, 0) is 4.79 Å². The number of unbranched alkanes of at least 4 members (excludes halogenated alkanes) is 4. The fourth-order valence-corrected chi connectivity index (χ4v) is 3.92. The third-order valence-electron chi connectivity index (χ3n) is 3.35. The maximum Gasteiger partial charge on any atom is 0.470 e. The van der Waals surface area contributed by atoms with Crippen molar-refractivity contribution < 1.29 is 18.0 Å². The molecule has 18 heavy (non-hydrogen) atoms. The minimum absolute atomic E-state index is 0.731. The van der Waals surface area contributed by atoms with E-state index in [1.165, 1.54) is 13.5 Å². The Bertz CT molecular complexity index is 267. The van der Waals surface area contributed by atoms with E-state index in [4.69, 9.17) is 0 Å². The van der Waals surface area contributed by atoms with E-state index in [0.717, 1.165) is 36.3 Å². The normalized spacial score (nSPS) is 12.6. The number of alkyl halides is 3. The van der Waals surface area contributed by atoms with Gasteiger partial charge in [0.25, 0.3) is 0 Å². The van der Waals surface area contributed by atoms with Crippen LogP contribution in [-0.4, -0.2) is 31.9 Å². The molecule has 0 aliphatic heterocycles. The molecule has 6 heteroatoms. The van der Waals surface area contributed by atoms with Crippen molar-refractivity contribution in [2.24, 2.45) is 0 Å². The molecule has 0 aliphatic rings. The lowest BCUT2D eigenvalue weighted by atomic mass is 10.2. The summed E-state index contributed by atoms with van der Waals surface area (Å²) in [5, 5.41) is 0. The molecule has 108 valence electrons. The summed E-state index contributed by atoms with van der Waals surface area (Å²) in [6.45, 7) is 5.75. The molecule has 0 aromatic carbocycles. The standard InChI is InChI=1S/C12H24F3NOSi/c1-5-6-7-8-9-10-18(3,4)16(2)11(17)12(13,14)15/h5-10H2,1-4H3. The number of halogens is 3. The molecule has 0 bridgehead atoms. The van der Waals surface area contributed by atoms with E-state index >= 15 is 0 Å². The summed E-state index contributed by atoms with van der Waals surface area (Å²) >= 11 is 0. The monoisotopic (exact) mass is 283 g/mol. The van der Waals surface area contributed by atoms with Crippen LogP contribution < -0.4 is 0 Å². The van der Waals surface area contributed by atoms with Crippen molar-refractivity contribution in [3.05, 3.63) is 0 Å². The van der Waals surface area contributed by atoms with Crippen LogP contribution in [0.2, 0.25) is 19.1 Å². The third-order valence-corrected chi connectivity index (χ3v) is 6.94. The molecular weight excluding hydrogens is 259 g/mol.